The van der Waals surface area contributed by atoms with E-state index in [-0.39, 0.29) is 0 Å². The van der Waals surface area contributed by atoms with Gasteiger partial charge in [0.1, 0.15) is 6.04 Å². The van der Waals surface area contributed by atoms with Crippen molar-refractivity contribution in [3.05, 3.63) is 16.1 Å². The molecule has 4 nitrogen and oxygen atoms in total. The molecule has 1 heterocycles. The second-order valence-corrected chi connectivity index (χ2v) is 4.02. The highest BCUT2D eigenvalue weighted by molar-refractivity contribution is 7.10. The third-order valence-electron chi connectivity index (χ3n) is 1.84. The molecule has 1 atom stereocenters. The highest BCUT2D eigenvalue weighted by Crippen LogP contribution is 2.23. The number of rotatable bonds is 4. The Morgan fingerprint density at radius 2 is 2.31 bits per heavy atom. The van der Waals surface area contributed by atoms with Crippen LogP contribution in [0.4, 0.5) is 13.2 Å². The number of nitrogens with one attached hydrogen (secondary N) is 1. The quantitative estimate of drug-likeness (QED) is 0.845. The molecule has 1 rings (SSSR count). The molecule has 0 radical (unpaired) electrons. The number of carbonyl (C=O) groups is 1. The Balaban J connectivity index is 2.78. The normalized spacial score (nSPS) is 13.8. The van der Waals surface area contributed by atoms with E-state index in [1.165, 1.54) is 5.51 Å². The Morgan fingerprint density at radius 1 is 1.69 bits per heavy atom. The van der Waals surface area contributed by atoms with Crippen molar-refractivity contribution in [1.29, 1.82) is 0 Å². The summed E-state index contributed by atoms with van der Waals surface area (Å²) in [4.78, 5) is 15.3. The topological polar surface area (TPSA) is 68.0 Å². The van der Waals surface area contributed by atoms with Gasteiger partial charge in [-0.25, -0.2) is 4.98 Å². The van der Waals surface area contributed by atoms with E-state index < -0.39 is 24.7 Å². The molecule has 0 fully saturated rings. The molecule has 3 N–H and O–H groups in total. The summed E-state index contributed by atoms with van der Waals surface area (Å²) in [5, 5.41) is 2.07. The van der Waals surface area contributed by atoms with Crippen molar-refractivity contribution in [2.75, 3.05) is 6.54 Å². The minimum Gasteiger partial charge on any atom is -0.368 e. The number of primary amides is 1. The average Bonchev–Trinajstić information content (AvgIpc) is 2.50. The van der Waals surface area contributed by atoms with E-state index in [0.29, 0.717) is 10.6 Å². The van der Waals surface area contributed by atoms with Crippen LogP contribution in [0, 0.1) is 6.92 Å². The zero-order chi connectivity index (χ0) is 12.3. The van der Waals surface area contributed by atoms with Gasteiger partial charge in [0.2, 0.25) is 5.91 Å². The van der Waals surface area contributed by atoms with Crippen molar-refractivity contribution in [2.24, 2.45) is 5.73 Å². The fourth-order valence-electron chi connectivity index (χ4n) is 1.13. The third kappa shape index (κ3) is 3.46. The zero-order valence-corrected chi connectivity index (χ0v) is 9.15. The molecule has 16 heavy (non-hydrogen) atoms. The number of nitrogens with zero attached hydrogens (tertiary/aromatic N) is 1. The summed E-state index contributed by atoms with van der Waals surface area (Å²) < 4.78 is 36.0. The van der Waals surface area contributed by atoms with E-state index in [1.54, 1.807) is 6.92 Å². The molecule has 1 aromatic heterocycles. The first kappa shape index (κ1) is 12.9. The molecule has 1 amide bonds. The number of amides is 1. The second-order valence-electron chi connectivity index (χ2n) is 3.13. The first-order chi connectivity index (χ1) is 7.31. The lowest BCUT2D eigenvalue weighted by Gasteiger charge is -2.15. The molecule has 0 aromatic carbocycles. The predicted molar refractivity (Wildman–Crippen MR) is 52.8 cm³/mol. The Labute approximate surface area is 93.7 Å². The summed E-state index contributed by atoms with van der Waals surface area (Å²) in [6.07, 6.45) is -4.38. The Morgan fingerprint density at radius 3 is 2.69 bits per heavy atom. The van der Waals surface area contributed by atoms with Crippen molar-refractivity contribution in [3.63, 3.8) is 0 Å². The van der Waals surface area contributed by atoms with Gasteiger partial charge < -0.3 is 5.73 Å². The number of alkyl halides is 3. The van der Waals surface area contributed by atoms with E-state index in [9.17, 15) is 18.0 Å². The van der Waals surface area contributed by atoms with E-state index in [1.807, 2.05) is 0 Å². The molecular weight excluding hydrogens is 243 g/mol. The monoisotopic (exact) mass is 253 g/mol. The molecule has 0 spiro atoms. The van der Waals surface area contributed by atoms with Gasteiger partial charge in [-0.2, -0.15) is 13.2 Å². The lowest BCUT2D eigenvalue weighted by atomic mass is 10.2. The van der Waals surface area contributed by atoms with Gasteiger partial charge in [0, 0.05) is 0 Å². The van der Waals surface area contributed by atoms with E-state index in [0.717, 1.165) is 11.3 Å². The lowest BCUT2D eigenvalue weighted by Crippen LogP contribution is -2.38. The van der Waals surface area contributed by atoms with Gasteiger partial charge in [-0.3, -0.25) is 10.1 Å². The van der Waals surface area contributed by atoms with Crippen molar-refractivity contribution >= 4 is 17.2 Å². The highest BCUT2D eigenvalue weighted by atomic mass is 32.1. The number of hydrogen-bond donors (Lipinski definition) is 2. The van der Waals surface area contributed by atoms with Crippen LogP contribution in [0.1, 0.15) is 16.6 Å². The summed E-state index contributed by atoms with van der Waals surface area (Å²) in [6, 6.07) is -1.14. The minimum atomic E-state index is -4.38. The summed E-state index contributed by atoms with van der Waals surface area (Å²) in [5.74, 6) is -0.850. The summed E-state index contributed by atoms with van der Waals surface area (Å²) >= 11 is 1.09. The number of halogens is 3. The maximum absolute atomic E-state index is 12.0. The van der Waals surface area contributed by atoms with Crippen molar-refractivity contribution in [2.45, 2.75) is 19.1 Å². The number of thiazole rings is 1. The fraction of sp³-hybridized carbons (Fsp3) is 0.500. The molecule has 1 unspecified atom stereocenters. The van der Waals surface area contributed by atoms with Crippen molar-refractivity contribution in [1.82, 2.24) is 10.3 Å². The largest absolute Gasteiger partial charge is 0.401 e. The van der Waals surface area contributed by atoms with Gasteiger partial charge in [-0.15, -0.1) is 11.3 Å². The van der Waals surface area contributed by atoms with E-state index >= 15 is 0 Å². The minimum absolute atomic E-state index is 0.414. The number of carbonyl (C=O) groups excluding carboxylic acids is 1. The van der Waals surface area contributed by atoms with E-state index in [4.69, 9.17) is 5.73 Å². The SMILES string of the molecule is Cc1ncsc1C(NCC(F)(F)F)C(N)=O. The van der Waals surface area contributed by atoms with Crippen LogP contribution in [0.3, 0.4) is 0 Å². The Bertz CT molecular complexity index is 377. The van der Waals surface area contributed by atoms with Gasteiger partial charge >= 0.3 is 6.18 Å². The fourth-order valence-corrected chi connectivity index (χ4v) is 2.01. The second kappa shape index (κ2) is 4.79. The van der Waals surface area contributed by atoms with Gasteiger partial charge in [0.25, 0.3) is 0 Å². The number of aryl methyl sites for hydroxylation is 1. The molecule has 1 aromatic rings. The van der Waals surface area contributed by atoms with Gasteiger partial charge in [-0.1, -0.05) is 0 Å². The first-order valence-electron chi connectivity index (χ1n) is 4.30. The highest BCUT2D eigenvalue weighted by Gasteiger charge is 2.31. The Kier molecular flexibility index (Phi) is 3.87. The van der Waals surface area contributed by atoms with Crippen LogP contribution in [0.15, 0.2) is 5.51 Å². The van der Waals surface area contributed by atoms with Crippen LogP contribution in [0.5, 0.6) is 0 Å². The maximum Gasteiger partial charge on any atom is 0.401 e. The lowest BCUT2D eigenvalue weighted by molar-refractivity contribution is -0.130. The van der Waals surface area contributed by atoms with Crippen LogP contribution in [-0.2, 0) is 4.79 Å². The van der Waals surface area contributed by atoms with Gasteiger partial charge in [0.15, 0.2) is 0 Å². The number of hydrogen-bond acceptors (Lipinski definition) is 4. The molecule has 0 saturated heterocycles. The molecular formula is C8H10F3N3OS. The first-order valence-corrected chi connectivity index (χ1v) is 5.18. The van der Waals surface area contributed by atoms with Gasteiger partial charge in [0.05, 0.1) is 22.6 Å². The van der Waals surface area contributed by atoms with Crippen LogP contribution < -0.4 is 11.1 Å². The third-order valence-corrected chi connectivity index (χ3v) is 2.83. The predicted octanol–water partition coefficient (Wildman–Crippen LogP) is 1.13. The molecule has 0 bridgehead atoms. The number of nitrogens with two attached hydrogens (primary N) is 1. The Hall–Kier alpha value is -1.15. The summed E-state index contributed by atoms with van der Waals surface area (Å²) in [6.45, 7) is 0.342. The van der Waals surface area contributed by atoms with Crippen LogP contribution in [-0.4, -0.2) is 23.6 Å². The van der Waals surface area contributed by atoms with Crippen LogP contribution >= 0.6 is 11.3 Å². The molecule has 90 valence electrons. The standard InChI is InChI=1S/C8H10F3N3OS/c1-4-6(16-3-14-4)5(7(12)15)13-2-8(9,10)11/h3,5,13H,2H2,1H3,(H2,12,15). The summed E-state index contributed by atoms with van der Waals surface area (Å²) in [5.41, 5.74) is 6.99. The van der Waals surface area contributed by atoms with E-state index in [2.05, 4.69) is 10.3 Å². The average molecular weight is 253 g/mol. The van der Waals surface area contributed by atoms with Gasteiger partial charge in [-0.05, 0) is 6.92 Å². The molecule has 0 aliphatic heterocycles. The molecule has 0 aliphatic carbocycles. The van der Waals surface area contributed by atoms with Crippen LogP contribution in [0.2, 0.25) is 0 Å². The van der Waals surface area contributed by atoms with Crippen LogP contribution in [0.25, 0.3) is 0 Å². The van der Waals surface area contributed by atoms with Crippen molar-refractivity contribution in [3.8, 4) is 0 Å². The zero-order valence-electron chi connectivity index (χ0n) is 8.34. The summed E-state index contributed by atoms with van der Waals surface area (Å²) in [7, 11) is 0. The maximum atomic E-state index is 12.0. The van der Waals surface area contributed by atoms with Crippen molar-refractivity contribution < 1.29 is 18.0 Å². The smallest absolute Gasteiger partial charge is 0.368 e. The molecule has 0 saturated carbocycles. The molecule has 8 heteroatoms. The molecule has 0 aliphatic rings. The number of aromatic nitrogens is 1.